The van der Waals surface area contributed by atoms with Crippen LogP contribution in [0, 0.1) is 11.3 Å². The Morgan fingerprint density at radius 1 is 1.13 bits per heavy atom. The fourth-order valence-corrected chi connectivity index (χ4v) is 6.04. The van der Waals surface area contributed by atoms with Crippen LogP contribution in [0.25, 0.3) is 16.6 Å². The van der Waals surface area contributed by atoms with E-state index in [1.165, 1.54) is 22.6 Å². The number of benzene rings is 1. The SMILES string of the molecule is C=CC(=O)Nc1ccc(S(=O)(=O)N2CCC(n3cc(-c4cc(OC)c5c(C#N)cnn5c4)cn3)CC2)cc1.O=C(O)C(F)(F)F. The molecule has 0 aliphatic carbocycles. The van der Waals surface area contributed by atoms with Crippen LogP contribution < -0.4 is 10.1 Å². The fourth-order valence-electron chi connectivity index (χ4n) is 4.57. The molecule has 17 heteroatoms. The first-order chi connectivity index (χ1) is 21.3. The summed E-state index contributed by atoms with van der Waals surface area (Å²) in [5, 5.41) is 27.9. The van der Waals surface area contributed by atoms with Gasteiger partial charge in [-0.05, 0) is 49.2 Å². The number of fused-ring (bicyclic) bond motifs is 1. The van der Waals surface area contributed by atoms with Crippen molar-refractivity contribution < 1.29 is 41.0 Å². The molecule has 1 fully saturated rings. The summed E-state index contributed by atoms with van der Waals surface area (Å²) in [4.78, 5) is 20.5. The third-order valence-electron chi connectivity index (χ3n) is 6.84. The molecule has 4 heterocycles. The van der Waals surface area contributed by atoms with E-state index in [1.807, 2.05) is 23.1 Å². The van der Waals surface area contributed by atoms with E-state index in [1.54, 1.807) is 30.0 Å². The quantitative estimate of drug-likeness (QED) is 0.283. The van der Waals surface area contributed by atoms with Crippen molar-refractivity contribution in [3.05, 3.63) is 73.3 Å². The Kier molecular flexibility index (Phi) is 9.59. The molecule has 0 bridgehead atoms. The van der Waals surface area contributed by atoms with Crippen LogP contribution in [-0.4, -0.2) is 75.5 Å². The van der Waals surface area contributed by atoms with Crippen molar-refractivity contribution in [2.75, 3.05) is 25.5 Å². The molecule has 236 valence electrons. The number of carbonyl (C=O) groups is 2. The highest BCUT2D eigenvalue weighted by Gasteiger charge is 2.38. The van der Waals surface area contributed by atoms with Crippen LogP contribution in [0.1, 0.15) is 24.4 Å². The molecule has 2 N–H and O–H groups in total. The van der Waals surface area contributed by atoms with E-state index >= 15 is 0 Å². The number of methoxy groups -OCH3 is 1. The Bertz CT molecular complexity index is 1870. The molecule has 1 saturated heterocycles. The monoisotopic (exact) mass is 645 g/mol. The number of halogens is 3. The van der Waals surface area contributed by atoms with Gasteiger partial charge in [0.05, 0.1) is 30.4 Å². The molecule has 0 saturated carbocycles. The number of sulfonamides is 1. The number of aromatic nitrogens is 4. The van der Waals surface area contributed by atoms with Crippen LogP contribution in [0.2, 0.25) is 0 Å². The Morgan fingerprint density at radius 2 is 1.78 bits per heavy atom. The van der Waals surface area contributed by atoms with E-state index in [-0.39, 0.29) is 16.8 Å². The van der Waals surface area contributed by atoms with Gasteiger partial charge < -0.3 is 15.2 Å². The number of hydrogen-bond acceptors (Lipinski definition) is 8. The van der Waals surface area contributed by atoms with Crippen molar-refractivity contribution in [3.8, 4) is 22.9 Å². The summed E-state index contributed by atoms with van der Waals surface area (Å²) in [7, 11) is -2.11. The fraction of sp³-hybridized carbons (Fsp3) is 0.250. The number of ether oxygens (including phenoxy) is 1. The second kappa shape index (κ2) is 13.2. The average Bonchev–Trinajstić information content (AvgIpc) is 3.68. The van der Waals surface area contributed by atoms with Gasteiger partial charge in [0, 0.05) is 42.3 Å². The summed E-state index contributed by atoms with van der Waals surface area (Å²) in [6.07, 6.45) is 4.30. The minimum Gasteiger partial charge on any atom is -0.494 e. The molecule has 5 rings (SSSR count). The summed E-state index contributed by atoms with van der Waals surface area (Å²) in [6.45, 7) is 4.13. The van der Waals surface area contributed by atoms with E-state index in [4.69, 9.17) is 14.6 Å². The highest BCUT2D eigenvalue weighted by atomic mass is 32.2. The Morgan fingerprint density at radius 3 is 2.33 bits per heavy atom. The van der Waals surface area contributed by atoms with Crippen molar-refractivity contribution in [2.45, 2.75) is 30.0 Å². The molecule has 1 amide bonds. The van der Waals surface area contributed by atoms with Gasteiger partial charge in [-0.25, -0.2) is 17.7 Å². The number of pyridine rings is 1. The summed E-state index contributed by atoms with van der Waals surface area (Å²) >= 11 is 0. The highest BCUT2D eigenvalue weighted by Crippen LogP contribution is 2.32. The van der Waals surface area contributed by atoms with E-state index < -0.39 is 22.2 Å². The number of nitrogens with one attached hydrogen (secondary N) is 1. The van der Waals surface area contributed by atoms with Gasteiger partial charge >= 0.3 is 12.1 Å². The molecule has 0 radical (unpaired) electrons. The maximum atomic E-state index is 13.2. The van der Waals surface area contributed by atoms with Crippen LogP contribution >= 0.6 is 0 Å². The number of anilines is 1. The minimum absolute atomic E-state index is 0.0483. The molecule has 1 aliphatic rings. The number of rotatable bonds is 7. The lowest BCUT2D eigenvalue weighted by atomic mass is 10.1. The van der Waals surface area contributed by atoms with Crippen molar-refractivity contribution in [1.29, 1.82) is 5.26 Å². The Labute approximate surface area is 254 Å². The lowest BCUT2D eigenvalue weighted by Gasteiger charge is -2.31. The number of nitrogens with zero attached hydrogens (tertiary/aromatic N) is 6. The standard InChI is InChI=1S/C26H25N7O4S.C2HF3O2/c1-3-25(34)30-21-4-6-23(7-5-21)38(35,36)31-10-8-22(9-11-31)32-17-20(15-28-32)18-12-24(37-2)26-19(13-27)14-29-33(26)16-18;3-2(4,5)1(6)7/h3-7,12,14-17,22H,1,8-11H2,2H3,(H,30,34);(H,6,7). The topological polar surface area (TPSA) is 172 Å². The smallest absolute Gasteiger partial charge is 0.490 e. The third-order valence-corrected chi connectivity index (χ3v) is 8.75. The predicted molar refractivity (Wildman–Crippen MR) is 154 cm³/mol. The number of carboxylic acids is 1. The van der Waals surface area contributed by atoms with Gasteiger partial charge in [0.1, 0.15) is 22.9 Å². The van der Waals surface area contributed by atoms with Gasteiger partial charge in [-0.15, -0.1) is 0 Å². The first-order valence-corrected chi connectivity index (χ1v) is 14.6. The molecular formula is C28H26F3N7O6S. The number of alkyl halides is 3. The number of nitriles is 1. The number of aliphatic carboxylic acids is 1. The van der Waals surface area contributed by atoms with Gasteiger partial charge in [0.2, 0.25) is 15.9 Å². The largest absolute Gasteiger partial charge is 0.494 e. The molecule has 13 nitrogen and oxygen atoms in total. The number of hydrogen-bond donors (Lipinski definition) is 2. The normalized spacial score (nSPS) is 14.2. The molecule has 3 aromatic heterocycles. The van der Waals surface area contributed by atoms with E-state index in [2.05, 4.69) is 28.2 Å². The summed E-state index contributed by atoms with van der Waals surface area (Å²) in [6, 6.07) is 10.1. The van der Waals surface area contributed by atoms with Gasteiger partial charge in [-0.2, -0.15) is 32.9 Å². The highest BCUT2D eigenvalue weighted by molar-refractivity contribution is 7.89. The predicted octanol–water partition coefficient (Wildman–Crippen LogP) is 3.86. The molecule has 0 atom stereocenters. The number of piperidine rings is 1. The maximum absolute atomic E-state index is 13.2. The first-order valence-electron chi connectivity index (χ1n) is 13.1. The zero-order valence-electron chi connectivity index (χ0n) is 23.6. The van der Waals surface area contributed by atoms with Crippen molar-refractivity contribution in [3.63, 3.8) is 0 Å². The lowest BCUT2D eigenvalue weighted by molar-refractivity contribution is -0.192. The molecule has 0 unspecified atom stereocenters. The second-order valence-corrected chi connectivity index (χ2v) is 11.6. The molecule has 0 spiro atoms. The zero-order valence-corrected chi connectivity index (χ0v) is 24.4. The second-order valence-electron chi connectivity index (χ2n) is 9.63. The first kappa shape index (κ1) is 32.7. The molecule has 1 aliphatic heterocycles. The van der Waals surface area contributed by atoms with Crippen LogP contribution in [0.3, 0.4) is 0 Å². The Hall–Kier alpha value is -5.21. The summed E-state index contributed by atoms with van der Waals surface area (Å²) < 4.78 is 68.5. The number of amides is 1. The molecular weight excluding hydrogens is 619 g/mol. The van der Waals surface area contributed by atoms with Crippen molar-refractivity contribution in [2.24, 2.45) is 0 Å². The lowest BCUT2D eigenvalue weighted by Crippen LogP contribution is -2.39. The number of carbonyl (C=O) groups excluding carboxylic acids is 1. The van der Waals surface area contributed by atoms with Crippen LogP contribution in [0.15, 0.2) is 72.7 Å². The van der Waals surface area contributed by atoms with E-state index in [0.29, 0.717) is 48.4 Å². The van der Waals surface area contributed by atoms with E-state index in [0.717, 1.165) is 17.2 Å². The van der Waals surface area contributed by atoms with Gasteiger partial charge in [-0.3, -0.25) is 9.48 Å². The van der Waals surface area contributed by atoms with E-state index in [9.17, 15) is 31.6 Å². The van der Waals surface area contributed by atoms with Gasteiger partial charge in [-0.1, -0.05) is 6.58 Å². The molecule has 1 aromatic carbocycles. The van der Waals surface area contributed by atoms with Crippen LogP contribution in [-0.2, 0) is 19.6 Å². The third kappa shape index (κ3) is 7.30. The number of carboxylic acid groups (broad SMARTS) is 1. The minimum atomic E-state index is -5.08. The maximum Gasteiger partial charge on any atom is 0.490 e. The van der Waals surface area contributed by atoms with Gasteiger partial charge in [0.15, 0.2) is 0 Å². The van der Waals surface area contributed by atoms with Gasteiger partial charge in [0.25, 0.3) is 0 Å². The summed E-state index contributed by atoms with van der Waals surface area (Å²) in [5.74, 6) is -2.58. The van der Waals surface area contributed by atoms with Crippen molar-refractivity contribution in [1.82, 2.24) is 23.7 Å². The summed E-state index contributed by atoms with van der Waals surface area (Å²) in [5.41, 5.74) is 3.23. The molecule has 4 aromatic rings. The molecule has 45 heavy (non-hydrogen) atoms. The van der Waals surface area contributed by atoms with Crippen molar-refractivity contribution >= 4 is 33.1 Å². The average molecular weight is 646 g/mol. The zero-order chi connectivity index (χ0) is 32.9. The van der Waals surface area contributed by atoms with Crippen LogP contribution in [0.5, 0.6) is 5.75 Å². The Balaban J connectivity index is 0.000000591. The van der Waals surface area contributed by atoms with Crippen LogP contribution in [0.4, 0.5) is 18.9 Å².